The van der Waals surface area contributed by atoms with E-state index in [1.807, 2.05) is 13.0 Å². The van der Waals surface area contributed by atoms with Crippen LogP contribution in [0.2, 0.25) is 0 Å². The van der Waals surface area contributed by atoms with E-state index in [9.17, 15) is 14.7 Å². The summed E-state index contributed by atoms with van der Waals surface area (Å²) in [6.07, 6.45) is 7.51. The number of pyridine rings is 2. The minimum atomic E-state index is -1.42. The third kappa shape index (κ3) is 3.58. The second-order valence-corrected chi connectivity index (χ2v) is 8.96. The number of hydrogen-bond donors (Lipinski definition) is 1. The van der Waals surface area contributed by atoms with E-state index in [-0.39, 0.29) is 5.56 Å². The van der Waals surface area contributed by atoms with Crippen molar-refractivity contribution in [3.63, 3.8) is 0 Å². The predicted octanol–water partition coefficient (Wildman–Crippen LogP) is 4.03. The third-order valence-corrected chi connectivity index (χ3v) is 6.96. The van der Waals surface area contributed by atoms with E-state index in [0.29, 0.717) is 29.9 Å². The van der Waals surface area contributed by atoms with Crippen LogP contribution in [0.5, 0.6) is 5.75 Å². The lowest BCUT2D eigenvalue weighted by molar-refractivity contribution is -0.145. The van der Waals surface area contributed by atoms with E-state index >= 15 is 0 Å². The van der Waals surface area contributed by atoms with Gasteiger partial charge in [-0.3, -0.25) is 14.3 Å². The Morgan fingerprint density at radius 2 is 2.06 bits per heavy atom. The van der Waals surface area contributed by atoms with Crippen molar-refractivity contribution < 1.29 is 19.1 Å². The maximum absolute atomic E-state index is 13.4. The summed E-state index contributed by atoms with van der Waals surface area (Å²) >= 11 is 1.43. The molecule has 0 spiro atoms. The number of carbonyl (C=O) groups is 1. The van der Waals surface area contributed by atoms with Crippen LogP contribution in [0.3, 0.4) is 0 Å². The highest BCUT2D eigenvalue weighted by molar-refractivity contribution is 7.22. The monoisotopic (exact) mass is 453 g/mol. The van der Waals surface area contributed by atoms with Gasteiger partial charge in [-0.1, -0.05) is 0 Å². The number of nitrogens with zero attached hydrogens (tertiary/aromatic N) is 3. The summed E-state index contributed by atoms with van der Waals surface area (Å²) in [7, 11) is 1.60. The SMILES string of the molecule is COc1cccnc1CCc1cn(C(C)(C)C(=O)O)c(=O)c2c(C)c(-c3ncco3)sc12. The van der Waals surface area contributed by atoms with E-state index in [2.05, 4.69) is 9.97 Å². The van der Waals surface area contributed by atoms with E-state index in [0.717, 1.165) is 26.4 Å². The molecule has 0 aliphatic carbocycles. The van der Waals surface area contributed by atoms with Crippen LogP contribution < -0.4 is 10.3 Å². The number of ether oxygens (including phenoxy) is 1. The predicted molar refractivity (Wildman–Crippen MR) is 121 cm³/mol. The first-order chi connectivity index (χ1) is 15.3. The fraction of sp³-hybridized carbons (Fsp3) is 0.304. The molecule has 0 aromatic carbocycles. The molecule has 4 aromatic heterocycles. The fourth-order valence-electron chi connectivity index (χ4n) is 3.68. The highest BCUT2D eigenvalue weighted by Crippen LogP contribution is 2.38. The average Bonchev–Trinajstić information content (AvgIpc) is 3.41. The van der Waals surface area contributed by atoms with Gasteiger partial charge in [0.15, 0.2) is 0 Å². The Labute approximate surface area is 188 Å². The van der Waals surface area contributed by atoms with E-state index in [1.54, 1.807) is 31.8 Å². The van der Waals surface area contributed by atoms with Gasteiger partial charge in [-0.05, 0) is 56.9 Å². The van der Waals surface area contributed by atoms with Gasteiger partial charge in [0.1, 0.15) is 17.6 Å². The molecule has 32 heavy (non-hydrogen) atoms. The minimum Gasteiger partial charge on any atom is -0.495 e. The van der Waals surface area contributed by atoms with Gasteiger partial charge in [0, 0.05) is 17.1 Å². The molecule has 8 nitrogen and oxygen atoms in total. The highest BCUT2D eigenvalue weighted by atomic mass is 32.1. The summed E-state index contributed by atoms with van der Waals surface area (Å²) in [4.78, 5) is 34.8. The van der Waals surface area contributed by atoms with Crippen LogP contribution in [0.15, 0.2) is 46.2 Å². The molecule has 0 atom stereocenters. The number of aliphatic carboxylic acids is 1. The fourth-order valence-corrected chi connectivity index (χ4v) is 4.95. The van der Waals surface area contributed by atoms with Gasteiger partial charge < -0.3 is 14.3 Å². The lowest BCUT2D eigenvalue weighted by Gasteiger charge is -2.24. The third-order valence-electron chi connectivity index (χ3n) is 5.61. The van der Waals surface area contributed by atoms with Gasteiger partial charge >= 0.3 is 5.97 Å². The summed E-state index contributed by atoms with van der Waals surface area (Å²) < 4.78 is 13.0. The molecule has 0 bridgehead atoms. The first-order valence-electron chi connectivity index (χ1n) is 10.0. The molecule has 0 saturated carbocycles. The van der Waals surface area contributed by atoms with E-state index in [4.69, 9.17) is 9.15 Å². The molecule has 0 aliphatic rings. The van der Waals surface area contributed by atoms with Crippen molar-refractivity contribution in [3.05, 3.63) is 64.2 Å². The number of thiophene rings is 1. The standard InChI is InChI=1S/C23H23N3O5S/c1-13-17-19(32-18(13)20-25-10-11-31-20)14(7-8-15-16(30-4)6-5-9-24-15)12-26(21(17)27)23(2,3)22(28)29/h5-6,9-12H,7-8H2,1-4H3,(H,28,29). The lowest BCUT2D eigenvalue weighted by Crippen LogP contribution is -2.42. The first-order valence-corrected chi connectivity index (χ1v) is 10.9. The zero-order chi connectivity index (χ0) is 23.0. The second-order valence-electron chi connectivity index (χ2n) is 7.94. The topological polar surface area (TPSA) is 107 Å². The molecule has 4 heterocycles. The van der Waals surface area contributed by atoms with Gasteiger partial charge in [-0.25, -0.2) is 9.78 Å². The number of aromatic nitrogens is 3. The zero-order valence-corrected chi connectivity index (χ0v) is 19.0. The smallest absolute Gasteiger partial charge is 0.329 e. The summed E-state index contributed by atoms with van der Waals surface area (Å²) in [6.45, 7) is 4.87. The summed E-state index contributed by atoms with van der Waals surface area (Å²) in [6, 6.07) is 3.66. The van der Waals surface area contributed by atoms with Crippen LogP contribution in [-0.2, 0) is 23.2 Å². The summed E-state index contributed by atoms with van der Waals surface area (Å²) in [5.41, 5.74) is 0.607. The average molecular weight is 454 g/mol. The van der Waals surface area contributed by atoms with Gasteiger partial charge in [-0.2, -0.15) is 0 Å². The van der Waals surface area contributed by atoms with Crippen LogP contribution >= 0.6 is 11.3 Å². The van der Waals surface area contributed by atoms with Crippen molar-refractivity contribution in [2.45, 2.75) is 39.2 Å². The van der Waals surface area contributed by atoms with E-state index in [1.165, 1.54) is 36.0 Å². The Morgan fingerprint density at radius 1 is 1.28 bits per heavy atom. The number of carboxylic acids is 1. The largest absolute Gasteiger partial charge is 0.495 e. The quantitative estimate of drug-likeness (QED) is 0.450. The van der Waals surface area contributed by atoms with Crippen LogP contribution in [0.25, 0.3) is 20.9 Å². The number of methoxy groups -OCH3 is 1. The van der Waals surface area contributed by atoms with Gasteiger partial charge in [0.2, 0.25) is 5.89 Å². The summed E-state index contributed by atoms with van der Waals surface area (Å²) in [5, 5.41) is 10.3. The number of rotatable bonds is 7. The zero-order valence-electron chi connectivity index (χ0n) is 18.2. The lowest BCUT2D eigenvalue weighted by atomic mass is 10.0. The number of hydrogen-bond acceptors (Lipinski definition) is 7. The molecule has 9 heteroatoms. The van der Waals surface area contributed by atoms with Crippen molar-refractivity contribution in [1.29, 1.82) is 0 Å². The van der Waals surface area contributed by atoms with Crippen molar-refractivity contribution in [1.82, 2.24) is 14.5 Å². The Kier molecular flexibility index (Phi) is 5.60. The van der Waals surface area contributed by atoms with Gasteiger partial charge in [-0.15, -0.1) is 11.3 Å². The molecule has 166 valence electrons. The van der Waals surface area contributed by atoms with Crippen LogP contribution in [-0.4, -0.2) is 32.7 Å². The highest BCUT2D eigenvalue weighted by Gasteiger charge is 2.32. The van der Waals surface area contributed by atoms with Crippen LogP contribution in [0.4, 0.5) is 0 Å². The Bertz CT molecular complexity index is 1350. The van der Waals surface area contributed by atoms with E-state index < -0.39 is 11.5 Å². The maximum atomic E-state index is 13.4. The molecule has 0 aliphatic heterocycles. The first kappa shape index (κ1) is 21.8. The number of fused-ring (bicyclic) bond motifs is 1. The molecule has 1 N–H and O–H groups in total. The molecule has 0 radical (unpaired) electrons. The number of oxazole rings is 1. The normalized spacial score (nSPS) is 11.8. The number of carboxylic acid groups (broad SMARTS) is 1. The number of aryl methyl sites for hydroxylation is 3. The van der Waals surface area contributed by atoms with Crippen molar-refractivity contribution in [2.75, 3.05) is 7.11 Å². The van der Waals surface area contributed by atoms with Crippen molar-refractivity contribution >= 4 is 27.4 Å². The molecule has 0 amide bonds. The minimum absolute atomic E-state index is 0.349. The van der Waals surface area contributed by atoms with Crippen LogP contribution in [0, 0.1) is 6.92 Å². The van der Waals surface area contributed by atoms with Crippen molar-refractivity contribution in [3.8, 4) is 16.5 Å². The van der Waals surface area contributed by atoms with Gasteiger partial charge in [0.05, 0.1) is 29.3 Å². The Hall–Kier alpha value is -3.46. The molecular weight excluding hydrogens is 430 g/mol. The summed E-state index contributed by atoms with van der Waals surface area (Å²) in [5.74, 6) is 0.0346. The molecule has 0 fully saturated rings. The van der Waals surface area contributed by atoms with Crippen molar-refractivity contribution in [2.24, 2.45) is 0 Å². The Morgan fingerprint density at radius 3 is 2.72 bits per heavy atom. The molecule has 4 rings (SSSR count). The molecular formula is C23H23N3O5S. The Balaban J connectivity index is 1.92. The molecule has 0 saturated heterocycles. The van der Waals surface area contributed by atoms with Gasteiger partial charge in [0.25, 0.3) is 5.56 Å². The molecule has 0 unspecified atom stereocenters. The second kappa shape index (κ2) is 8.23. The molecule has 4 aromatic rings. The maximum Gasteiger partial charge on any atom is 0.329 e. The van der Waals surface area contributed by atoms with Crippen LogP contribution in [0.1, 0.15) is 30.7 Å².